The van der Waals surface area contributed by atoms with Gasteiger partial charge in [-0.3, -0.25) is 9.59 Å². The van der Waals surface area contributed by atoms with Crippen LogP contribution in [0.3, 0.4) is 0 Å². The zero-order chi connectivity index (χ0) is 17.4. The summed E-state index contributed by atoms with van der Waals surface area (Å²) in [5.74, 6) is -0.912. The quantitative estimate of drug-likeness (QED) is 0.481. The van der Waals surface area contributed by atoms with Gasteiger partial charge in [0.2, 0.25) is 0 Å². The van der Waals surface area contributed by atoms with Gasteiger partial charge in [0.05, 0.1) is 0 Å². The lowest BCUT2D eigenvalue weighted by molar-refractivity contribution is -0.138. The molecule has 1 rings (SSSR count). The van der Waals surface area contributed by atoms with E-state index >= 15 is 0 Å². The van der Waals surface area contributed by atoms with Gasteiger partial charge in [0.15, 0.2) is 5.78 Å². The Labute approximate surface area is 140 Å². The molecule has 23 heavy (non-hydrogen) atoms. The van der Waals surface area contributed by atoms with Gasteiger partial charge >= 0.3 is 5.97 Å². The lowest BCUT2D eigenvalue weighted by Crippen LogP contribution is -2.28. The van der Waals surface area contributed by atoms with Crippen LogP contribution >= 0.6 is 0 Å². The average molecular weight is 318 g/mol. The van der Waals surface area contributed by atoms with Crippen LogP contribution < -0.4 is 0 Å². The molecular formula is C20H30O3. The first-order valence-corrected chi connectivity index (χ1v) is 8.69. The van der Waals surface area contributed by atoms with Crippen molar-refractivity contribution in [1.82, 2.24) is 0 Å². The molecule has 0 aliphatic carbocycles. The number of carboxylic acid groups (broad SMARTS) is 1. The number of aliphatic carboxylic acids is 1. The van der Waals surface area contributed by atoms with Crippen molar-refractivity contribution in [3.8, 4) is 0 Å². The second-order valence-corrected chi connectivity index (χ2v) is 6.75. The highest BCUT2D eigenvalue weighted by molar-refractivity contribution is 5.98. The molecule has 3 unspecified atom stereocenters. The first-order chi connectivity index (χ1) is 10.9. The fraction of sp³-hybridized carbons (Fsp3) is 0.600. The van der Waals surface area contributed by atoms with Crippen LogP contribution in [0.25, 0.3) is 0 Å². The zero-order valence-corrected chi connectivity index (χ0v) is 14.8. The summed E-state index contributed by atoms with van der Waals surface area (Å²) in [6, 6.07) is 7.54. The van der Waals surface area contributed by atoms with Crippen molar-refractivity contribution in [3.63, 3.8) is 0 Å². The highest BCUT2D eigenvalue weighted by Gasteiger charge is 2.30. The van der Waals surface area contributed by atoms with Gasteiger partial charge in [0, 0.05) is 17.9 Å². The third-order valence-corrected chi connectivity index (χ3v) is 4.80. The molecule has 1 aromatic rings. The van der Waals surface area contributed by atoms with Crippen LogP contribution in [0.2, 0.25) is 0 Å². The molecule has 3 heteroatoms. The van der Waals surface area contributed by atoms with E-state index in [0.29, 0.717) is 5.56 Å². The average Bonchev–Trinajstić information content (AvgIpc) is 2.52. The normalized spacial score (nSPS) is 15.0. The van der Waals surface area contributed by atoms with E-state index in [1.54, 1.807) is 0 Å². The molecule has 0 amide bonds. The van der Waals surface area contributed by atoms with Crippen LogP contribution in [0.4, 0.5) is 0 Å². The second kappa shape index (κ2) is 9.49. The SMILES string of the molecule is CCCCCC(C)C(CC(=O)O)C(C)C(=O)c1ccc(C)cc1. The van der Waals surface area contributed by atoms with Crippen molar-refractivity contribution in [1.29, 1.82) is 0 Å². The number of carbonyl (C=O) groups is 2. The Hall–Kier alpha value is -1.64. The minimum absolute atomic E-state index is 0.0543. The Bertz CT molecular complexity index is 504. The number of carbonyl (C=O) groups excluding carboxylic acids is 1. The standard InChI is InChI=1S/C20H30O3/c1-5-6-7-8-15(3)18(13-19(21)22)16(4)20(23)17-11-9-14(2)10-12-17/h9-12,15-16,18H,5-8,13H2,1-4H3,(H,21,22). The molecule has 0 fully saturated rings. The molecule has 0 aliphatic heterocycles. The Morgan fingerprint density at radius 3 is 2.22 bits per heavy atom. The molecule has 3 atom stereocenters. The summed E-state index contributed by atoms with van der Waals surface area (Å²) < 4.78 is 0. The fourth-order valence-electron chi connectivity index (χ4n) is 3.18. The van der Waals surface area contributed by atoms with Crippen molar-refractivity contribution < 1.29 is 14.7 Å². The smallest absolute Gasteiger partial charge is 0.303 e. The van der Waals surface area contributed by atoms with Gasteiger partial charge in [-0.2, -0.15) is 0 Å². The van der Waals surface area contributed by atoms with E-state index in [1.807, 2.05) is 38.1 Å². The summed E-state index contributed by atoms with van der Waals surface area (Å²) in [5.41, 5.74) is 1.79. The third-order valence-electron chi connectivity index (χ3n) is 4.80. The first-order valence-electron chi connectivity index (χ1n) is 8.69. The summed E-state index contributed by atoms with van der Waals surface area (Å²) in [6.07, 6.45) is 4.45. The second-order valence-electron chi connectivity index (χ2n) is 6.75. The maximum absolute atomic E-state index is 12.7. The van der Waals surface area contributed by atoms with Crippen molar-refractivity contribution in [2.45, 2.75) is 59.8 Å². The molecule has 3 nitrogen and oxygen atoms in total. The van der Waals surface area contributed by atoms with Gasteiger partial charge in [0.1, 0.15) is 0 Å². The summed E-state index contributed by atoms with van der Waals surface area (Å²) in [5, 5.41) is 9.23. The number of hydrogen-bond donors (Lipinski definition) is 1. The molecule has 1 aromatic carbocycles. The zero-order valence-electron chi connectivity index (χ0n) is 14.8. The van der Waals surface area contributed by atoms with Gasteiger partial charge < -0.3 is 5.11 Å². The number of Topliss-reactive ketones (excluding diaryl/α,β-unsaturated/α-hetero) is 1. The topological polar surface area (TPSA) is 54.4 Å². The Morgan fingerprint density at radius 2 is 1.70 bits per heavy atom. The van der Waals surface area contributed by atoms with Crippen molar-refractivity contribution in [2.75, 3.05) is 0 Å². The van der Waals surface area contributed by atoms with Crippen LogP contribution in [0, 0.1) is 24.7 Å². The minimum atomic E-state index is -0.819. The summed E-state index contributed by atoms with van der Waals surface area (Å²) >= 11 is 0. The molecule has 0 aromatic heterocycles. The highest BCUT2D eigenvalue weighted by Crippen LogP contribution is 2.31. The summed E-state index contributed by atoms with van der Waals surface area (Å²) in [6.45, 7) is 8.11. The molecule has 0 aliphatic rings. The van der Waals surface area contributed by atoms with Crippen LogP contribution in [0.5, 0.6) is 0 Å². The van der Waals surface area contributed by atoms with E-state index in [-0.39, 0.29) is 30.0 Å². The van der Waals surface area contributed by atoms with Crippen molar-refractivity contribution in [3.05, 3.63) is 35.4 Å². The van der Waals surface area contributed by atoms with Gasteiger partial charge in [-0.15, -0.1) is 0 Å². The number of unbranched alkanes of at least 4 members (excludes halogenated alkanes) is 2. The molecule has 0 saturated carbocycles. The predicted molar refractivity (Wildman–Crippen MR) is 93.7 cm³/mol. The minimum Gasteiger partial charge on any atom is -0.481 e. The van der Waals surface area contributed by atoms with E-state index in [9.17, 15) is 14.7 Å². The molecule has 0 spiro atoms. The highest BCUT2D eigenvalue weighted by atomic mass is 16.4. The fourth-order valence-corrected chi connectivity index (χ4v) is 3.18. The van der Waals surface area contributed by atoms with E-state index in [0.717, 1.165) is 31.2 Å². The number of benzene rings is 1. The van der Waals surface area contributed by atoms with Gasteiger partial charge in [-0.05, 0) is 18.8 Å². The summed E-state index contributed by atoms with van der Waals surface area (Å²) in [7, 11) is 0. The summed E-state index contributed by atoms with van der Waals surface area (Å²) in [4.78, 5) is 24.0. The Kier molecular flexibility index (Phi) is 8.01. The number of rotatable bonds is 10. The van der Waals surface area contributed by atoms with Crippen LogP contribution in [-0.2, 0) is 4.79 Å². The molecular weight excluding hydrogens is 288 g/mol. The van der Waals surface area contributed by atoms with Crippen LogP contribution in [0.1, 0.15) is 68.8 Å². The van der Waals surface area contributed by atoms with Crippen molar-refractivity contribution in [2.24, 2.45) is 17.8 Å². The van der Waals surface area contributed by atoms with Crippen molar-refractivity contribution >= 4 is 11.8 Å². The third kappa shape index (κ3) is 6.17. The monoisotopic (exact) mass is 318 g/mol. The van der Waals surface area contributed by atoms with Crippen LogP contribution in [0.15, 0.2) is 24.3 Å². The van der Waals surface area contributed by atoms with Crippen LogP contribution in [-0.4, -0.2) is 16.9 Å². The Morgan fingerprint density at radius 1 is 1.09 bits per heavy atom. The molecule has 1 N–H and O–H groups in total. The van der Waals surface area contributed by atoms with E-state index < -0.39 is 5.97 Å². The molecule has 0 saturated heterocycles. The predicted octanol–water partition coefficient (Wildman–Crippen LogP) is 5.12. The molecule has 0 radical (unpaired) electrons. The molecule has 0 bridgehead atoms. The number of hydrogen-bond acceptors (Lipinski definition) is 2. The molecule has 0 heterocycles. The first kappa shape index (κ1) is 19.4. The van der Waals surface area contributed by atoms with E-state index in [2.05, 4.69) is 13.8 Å². The number of aryl methyl sites for hydroxylation is 1. The lowest BCUT2D eigenvalue weighted by Gasteiger charge is -2.28. The Balaban J connectivity index is 2.84. The maximum atomic E-state index is 12.7. The van der Waals surface area contributed by atoms with Gasteiger partial charge in [0.25, 0.3) is 0 Å². The van der Waals surface area contributed by atoms with E-state index in [4.69, 9.17) is 0 Å². The lowest BCUT2D eigenvalue weighted by atomic mass is 9.75. The van der Waals surface area contributed by atoms with E-state index in [1.165, 1.54) is 0 Å². The molecule has 128 valence electrons. The number of carboxylic acids is 1. The van der Waals surface area contributed by atoms with Gasteiger partial charge in [-0.25, -0.2) is 0 Å². The van der Waals surface area contributed by atoms with Gasteiger partial charge in [-0.1, -0.05) is 76.3 Å². The maximum Gasteiger partial charge on any atom is 0.303 e. The largest absolute Gasteiger partial charge is 0.481 e. The number of ketones is 1.